The van der Waals surface area contributed by atoms with E-state index in [9.17, 15) is 4.79 Å². The summed E-state index contributed by atoms with van der Waals surface area (Å²) in [5.74, 6) is 0.292. The van der Waals surface area contributed by atoms with Crippen LogP contribution in [0.5, 0.6) is 0 Å². The van der Waals surface area contributed by atoms with Gasteiger partial charge in [0.15, 0.2) is 0 Å². The highest BCUT2D eigenvalue weighted by molar-refractivity contribution is 5.86. The van der Waals surface area contributed by atoms with E-state index in [4.69, 9.17) is 0 Å². The Balaban J connectivity index is 0.00000161. The fraction of sp³-hybridized carbons (Fsp3) is 0.933. The lowest BCUT2D eigenvalue weighted by atomic mass is 10.0. The van der Waals surface area contributed by atoms with Crippen molar-refractivity contribution in [3.63, 3.8) is 0 Å². The minimum atomic E-state index is 0. The van der Waals surface area contributed by atoms with E-state index < -0.39 is 0 Å². The molecule has 1 amide bonds. The first-order valence-corrected chi connectivity index (χ1v) is 8.16. The molecule has 2 heterocycles. The predicted octanol–water partition coefficient (Wildman–Crippen LogP) is 1.24. The second kappa shape index (κ2) is 11.0. The van der Waals surface area contributed by atoms with Crippen LogP contribution in [0.15, 0.2) is 0 Å². The third-order valence-corrected chi connectivity index (χ3v) is 4.99. The van der Waals surface area contributed by atoms with Crippen LogP contribution in [0.4, 0.5) is 0 Å². The number of likely N-dealkylation sites (tertiary alicyclic amines) is 1. The van der Waals surface area contributed by atoms with E-state index >= 15 is 0 Å². The molecule has 3 aliphatic rings. The first-order chi connectivity index (χ1) is 9.72. The SMILES string of the molecule is CN1CCC(N2CCN(C(=O)CNC3CC3)CC2)CC1.Cl.Cl.Cl. The molecule has 0 aromatic carbocycles. The summed E-state index contributed by atoms with van der Waals surface area (Å²) in [6.45, 7) is 6.92. The quantitative estimate of drug-likeness (QED) is 0.785. The van der Waals surface area contributed by atoms with Crippen molar-refractivity contribution >= 4 is 43.1 Å². The van der Waals surface area contributed by atoms with Crippen molar-refractivity contribution in [1.82, 2.24) is 20.0 Å². The van der Waals surface area contributed by atoms with Crippen molar-refractivity contribution in [2.45, 2.75) is 37.8 Å². The highest BCUT2D eigenvalue weighted by Crippen LogP contribution is 2.19. The third kappa shape index (κ3) is 6.92. The van der Waals surface area contributed by atoms with Crippen LogP contribution in [0.25, 0.3) is 0 Å². The van der Waals surface area contributed by atoms with Crippen LogP contribution in [0.1, 0.15) is 25.7 Å². The van der Waals surface area contributed by atoms with Crippen molar-refractivity contribution in [2.24, 2.45) is 0 Å². The van der Waals surface area contributed by atoms with E-state index in [-0.39, 0.29) is 37.2 Å². The third-order valence-electron chi connectivity index (χ3n) is 4.99. The Morgan fingerprint density at radius 3 is 2.00 bits per heavy atom. The molecule has 0 atom stereocenters. The maximum atomic E-state index is 12.1. The molecular weight excluding hydrogens is 359 g/mol. The van der Waals surface area contributed by atoms with Gasteiger partial charge >= 0.3 is 0 Å². The van der Waals surface area contributed by atoms with Gasteiger partial charge in [0.05, 0.1) is 6.54 Å². The minimum Gasteiger partial charge on any atom is -0.339 e. The lowest BCUT2D eigenvalue weighted by Gasteiger charge is -2.42. The van der Waals surface area contributed by atoms with Gasteiger partial charge < -0.3 is 15.1 Å². The number of carbonyl (C=O) groups excluding carboxylic acids is 1. The molecule has 0 unspecified atom stereocenters. The topological polar surface area (TPSA) is 38.8 Å². The van der Waals surface area contributed by atoms with Gasteiger partial charge in [-0.15, -0.1) is 37.2 Å². The first-order valence-electron chi connectivity index (χ1n) is 8.16. The van der Waals surface area contributed by atoms with Gasteiger partial charge in [-0.2, -0.15) is 0 Å². The highest BCUT2D eigenvalue weighted by Gasteiger charge is 2.28. The molecule has 0 aromatic heterocycles. The second-order valence-corrected chi connectivity index (χ2v) is 6.61. The second-order valence-electron chi connectivity index (χ2n) is 6.61. The van der Waals surface area contributed by atoms with Crippen molar-refractivity contribution < 1.29 is 4.79 Å². The van der Waals surface area contributed by atoms with Gasteiger partial charge in [-0.1, -0.05) is 0 Å². The fourth-order valence-corrected chi connectivity index (χ4v) is 3.33. The van der Waals surface area contributed by atoms with E-state index in [1.54, 1.807) is 0 Å². The molecule has 1 N–H and O–H groups in total. The van der Waals surface area contributed by atoms with Crippen LogP contribution in [0.2, 0.25) is 0 Å². The van der Waals surface area contributed by atoms with E-state index in [0.717, 1.165) is 32.2 Å². The zero-order valence-corrected chi connectivity index (χ0v) is 16.4. The summed E-state index contributed by atoms with van der Waals surface area (Å²) < 4.78 is 0. The largest absolute Gasteiger partial charge is 0.339 e. The number of halogens is 3. The standard InChI is InChI=1S/C15H28N4O.3ClH/c1-17-6-4-14(5-7-17)18-8-10-19(11-9-18)15(20)12-16-13-2-3-13;;;/h13-14,16H,2-12H2,1H3;3*1H. The summed E-state index contributed by atoms with van der Waals surface area (Å²) in [7, 11) is 2.21. The molecule has 1 saturated carbocycles. The molecule has 2 aliphatic heterocycles. The Hall–Kier alpha value is 0.220. The number of hydrogen-bond donors (Lipinski definition) is 1. The molecule has 5 nitrogen and oxygen atoms in total. The Morgan fingerprint density at radius 2 is 1.48 bits per heavy atom. The van der Waals surface area contributed by atoms with Gasteiger partial charge in [0.2, 0.25) is 5.91 Å². The number of amides is 1. The number of hydrogen-bond acceptors (Lipinski definition) is 4. The molecule has 8 heteroatoms. The number of piperidine rings is 1. The minimum absolute atomic E-state index is 0. The molecule has 0 spiro atoms. The molecule has 23 heavy (non-hydrogen) atoms. The Kier molecular flexibility index (Phi) is 11.1. The van der Waals surface area contributed by atoms with Gasteiger partial charge in [0.25, 0.3) is 0 Å². The highest BCUT2D eigenvalue weighted by atomic mass is 35.5. The maximum absolute atomic E-state index is 12.1. The van der Waals surface area contributed by atoms with Gasteiger partial charge in [-0.05, 0) is 45.8 Å². The van der Waals surface area contributed by atoms with Crippen LogP contribution in [-0.2, 0) is 4.79 Å². The van der Waals surface area contributed by atoms with Crippen LogP contribution in [-0.4, -0.2) is 85.6 Å². The number of rotatable bonds is 4. The Bertz CT molecular complexity index is 342. The van der Waals surface area contributed by atoms with E-state index in [1.807, 2.05) is 4.90 Å². The fourth-order valence-electron chi connectivity index (χ4n) is 3.33. The van der Waals surface area contributed by atoms with Gasteiger partial charge in [-0.3, -0.25) is 9.69 Å². The summed E-state index contributed by atoms with van der Waals surface area (Å²) in [6, 6.07) is 1.37. The van der Waals surface area contributed by atoms with Crippen molar-refractivity contribution in [3.05, 3.63) is 0 Å². The normalized spacial score (nSPS) is 23.4. The van der Waals surface area contributed by atoms with Crippen LogP contribution in [0, 0.1) is 0 Å². The summed E-state index contributed by atoms with van der Waals surface area (Å²) in [4.78, 5) is 19.2. The summed E-state index contributed by atoms with van der Waals surface area (Å²) in [5, 5.41) is 3.32. The monoisotopic (exact) mass is 388 g/mol. The molecule has 2 saturated heterocycles. The maximum Gasteiger partial charge on any atom is 0.236 e. The van der Waals surface area contributed by atoms with Gasteiger partial charge in [0.1, 0.15) is 0 Å². The molecule has 3 fully saturated rings. The molecule has 0 radical (unpaired) electrons. The van der Waals surface area contributed by atoms with Gasteiger partial charge in [0, 0.05) is 38.3 Å². The average Bonchev–Trinajstić information content (AvgIpc) is 3.30. The van der Waals surface area contributed by atoms with Crippen LogP contribution in [0.3, 0.4) is 0 Å². The van der Waals surface area contributed by atoms with E-state index in [2.05, 4.69) is 22.2 Å². The lowest BCUT2D eigenvalue weighted by molar-refractivity contribution is -0.132. The molecule has 3 rings (SSSR count). The van der Waals surface area contributed by atoms with E-state index in [0.29, 0.717) is 18.5 Å². The van der Waals surface area contributed by atoms with E-state index in [1.165, 1.54) is 38.8 Å². The molecule has 138 valence electrons. The summed E-state index contributed by atoms with van der Waals surface area (Å²) >= 11 is 0. The number of carbonyl (C=O) groups is 1. The number of nitrogens with zero attached hydrogens (tertiary/aromatic N) is 3. The molecule has 0 bridgehead atoms. The first kappa shape index (κ1) is 23.2. The Labute approximate surface area is 158 Å². The van der Waals surface area contributed by atoms with Crippen LogP contribution >= 0.6 is 37.2 Å². The number of nitrogens with one attached hydrogen (secondary N) is 1. The molecule has 1 aliphatic carbocycles. The zero-order chi connectivity index (χ0) is 13.9. The smallest absolute Gasteiger partial charge is 0.236 e. The lowest BCUT2D eigenvalue weighted by Crippen LogP contribution is -2.55. The van der Waals surface area contributed by atoms with Gasteiger partial charge in [-0.25, -0.2) is 0 Å². The summed E-state index contributed by atoms with van der Waals surface area (Å²) in [5.41, 5.74) is 0. The average molecular weight is 390 g/mol. The molecule has 0 aromatic rings. The van der Waals surface area contributed by atoms with Crippen LogP contribution < -0.4 is 5.32 Å². The number of piperazine rings is 1. The molecular formula is C15H31Cl3N4O. The zero-order valence-electron chi connectivity index (χ0n) is 13.9. The predicted molar refractivity (Wildman–Crippen MR) is 101 cm³/mol. The van der Waals surface area contributed by atoms with Crippen molar-refractivity contribution in [3.8, 4) is 0 Å². The van der Waals surface area contributed by atoms with Crippen molar-refractivity contribution in [1.29, 1.82) is 0 Å². The Morgan fingerprint density at radius 1 is 0.913 bits per heavy atom. The summed E-state index contributed by atoms with van der Waals surface area (Å²) in [6.07, 6.45) is 5.07. The van der Waals surface area contributed by atoms with Crippen molar-refractivity contribution in [2.75, 3.05) is 52.9 Å².